The summed E-state index contributed by atoms with van der Waals surface area (Å²) in [5, 5.41) is 1.18. The van der Waals surface area contributed by atoms with Gasteiger partial charge in [-0.2, -0.15) is 0 Å². The molecule has 0 N–H and O–H groups in total. The zero-order valence-electron chi connectivity index (χ0n) is 11.8. The van der Waals surface area contributed by atoms with Crippen LogP contribution in [0.2, 0.25) is 0 Å². The highest BCUT2D eigenvalue weighted by atomic mass is 16.5. The predicted molar refractivity (Wildman–Crippen MR) is 86.9 cm³/mol. The van der Waals surface area contributed by atoms with Crippen molar-refractivity contribution in [2.45, 2.75) is 0 Å². The van der Waals surface area contributed by atoms with Gasteiger partial charge in [-0.05, 0) is 29.8 Å². The smallest absolute Gasteiger partial charge is 0.143 e. The van der Waals surface area contributed by atoms with Crippen LogP contribution < -0.4 is 4.74 Å². The van der Waals surface area contributed by atoms with E-state index in [4.69, 9.17) is 4.74 Å². The van der Waals surface area contributed by atoms with Crippen LogP contribution in [0.4, 0.5) is 0 Å². The molecule has 0 aliphatic rings. The average Bonchev–Trinajstić information content (AvgIpc) is 3.03. The molecular formula is C19H15NO. The summed E-state index contributed by atoms with van der Waals surface area (Å²) in [7, 11) is 1.72. The molecule has 0 atom stereocenters. The highest BCUT2D eigenvalue weighted by Crippen LogP contribution is 2.33. The van der Waals surface area contributed by atoms with E-state index in [2.05, 4.69) is 59.1 Å². The van der Waals surface area contributed by atoms with Crippen molar-refractivity contribution in [3.8, 4) is 16.9 Å². The standard InChI is InChI=1S/C19H15NO/c1-21-18-11-5-9-15-13-16(14-7-3-2-4-8-14)17-10-6-12-20(17)19(15)18/h2-13H,1H3. The Hall–Kier alpha value is -2.74. The second-order valence-corrected chi connectivity index (χ2v) is 5.09. The van der Waals surface area contributed by atoms with Crippen molar-refractivity contribution < 1.29 is 4.74 Å². The number of para-hydroxylation sites is 1. The highest BCUT2D eigenvalue weighted by molar-refractivity contribution is 5.95. The van der Waals surface area contributed by atoms with Gasteiger partial charge in [0.05, 0.1) is 18.1 Å². The second-order valence-electron chi connectivity index (χ2n) is 5.09. The summed E-state index contributed by atoms with van der Waals surface area (Å²) in [6, 6.07) is 23.1. The minimum atomic E-state index is 0.897. The van der Waals surface area contributed by atoms with Gasteiger partial charge in [0.2, 0.25) is 0 Å². The van der Waals surface area contributed by atoms with E-state index >= 15 is 0 Å². The van der Waals surface area contributed by atoms with Gasteiger partial charge in [-0.25, -0.2) is 0 Å². The van der Waals surface area contributed by atoms with Gasteiger partial charge in [-0.1, -0.05) is 42.5 Å². The quantitative estimate of drug-likeness (QED) is 0.513. The Labute approximate surface area is 123 Å². The second kappa shape index (κ2) is 4.67. The molecule has 0 radical (unpaired) electrons. The first-order valence-electron chi connectivity index (χ1n) is 7.01. The molecule has 102 valence electrons. The molecule has 2 aromatic carbocycles. The van der Waals surface area contributed by atoms with E-state index in [1.54, 1.807) is 7.11 Å². The number of rotatable bonds is 2. The van der Waals surface area contributed by atoms with Crippen molar-refractivity contribution in [1.82, 2.24) is 4.40 Å². The lowest BCUT2D eigenvalue weighted by Gasteiger charge is -2.12. The molecule has 2 heterocycles. The first-order chi connectivity index (χ1) is 10.4. The number of methoxy groups -OCH3 is 1. The lowest BCUT2D eigenvalue weighted by atomic mass is 10.0. The fraction of sp³-hybridized carbons (Fsp3) is 0.0526. The number of pyridine rings is 1. The van der Waals surface area contributed by atoms with Crippen LogP contribution in [-0.2, 0) is 0 Å². The van der Waals surface area contributed by atoms with Crippen LogP contribution >= 0.6 is 0 Å². The zero-order valence-corrected chi connectivity index (χ0v) is 11.8. The summed E-state index contributed by atoms with van der Waals surface area (Å²) >= 11 is 0. The van der Waals surface area contributed by atoms with E-state index in [9.17, 15) is 0 Å². The Morgan fingerprint density at radius 3 is 2.52 bits per heavy atom. The number of benzene rings is 2. The molecule has 2 nitrogen and oxygen atoms in total. The minimum Gasteiger partial charge on any atom is -0.495 e. The van der Waals surface area contributed by atoms with E-state index in [0.29, 0.717) is 0 Å². The van der Waals surface area contributed by atoms with E-state index in [1.807, 2.05) is 18.2 Å². The van der Waals surface area contributed by atoms with Crippen LogP contribution in [0.1, 0.15) is 0 Å². The van der Waals surface area contributed by atoms with Gasteiger partial charge >= 0.3 is 0 Å². The third-order valence-corrected chi connectivity index (χ3v) is 3.90. The predicted octanol–water partition coefficient (Wildman–Crippen LogP) is 4.77. The summed E-state index contributed by atoms with van der Waals surface area (Å²) in [5.41, 5.74) is 4.77. The molecule has 0 bridgehead atoms. The summed E-state index contributed by atoms with van der Waals surface area (Å²) < 4.78 is 7.73. The van der Waals surface area contributed by atoms with Crippen LogP contribution in [0.15, 0.2) is 72.9 Å². The lowest BCUT2D eigenvalue weighted by Crippen LogP contribution is -1.94. The molecule has 2 heteroatoms. The SMILES string of the molecule is COc1cccc2cc(-c3ccccc3)c3cccn3c12. The molecule has 2 aromatic heterocycles. The zero-order chi connectivity index (χ0) is 14.2. The van der Waals surface area contributed by atoms with Crippen LogP contribution in [0.5, 0.6) is 5.75 Å². The summed E-state index contributed by atoms with van der Waals surface area (Å²) in [5.74, 6) is 0.897. The normalized spacial score (nSPS) is 11.1. The van der Waals surface area contributed by atoms with E-state index in [1.165, 1.54) is 22.0 Å². The maximum absolute atomic E-state index is 5.53. The lowest BCUT2D eigenvalue weighted by molar-refractivity contribution is 0.418. The van der Waals surface area contributed by atoms with Gasteiger partial charge in [0.25, 0.3) is 0 Å². The average molecular weight is 273 g/mol. The topological polar surface area (TPSA) is 13.6 Å². The van der Waals surface area contributed by atoms with Gasteiger partial charge in [0, 0.05) is 17.1 Å². The Morgan fingerprint density at radius 1 is 0.857 bits per heavy atom. The summed E-state index contributed by atoms with van der Waals surface area (Å²) in [6.07, 6.45) is 2.09. The molecular weight excluding hydrogens is 258 g/mol. The molecule has 0 fully saturated rings. The largest absolute Gasteiger partial charge is 0.495 e. The van der Waals surface area contributed by atoms with Gasteiger partial charge < -0.3 is 9.14 Å². The molecule has 0 saturated heterocycles. The number of hydrogen-bond donors (Lipinski definition) is 0. The fourth-order valence-electron chi connectivity index (χ4n) is 2.95. The summed E-state index contributed by atoms with van der Waals surface area (Å²) in [6.45, 7) is 0. The van der Waals surface area contributed by atoms with Crippen molar-refractivity contribution in [3.63, 3.8) is 0 Å². The van der Waals surface area contributed by atoms with Crippen LogP contribution in [0, 0.1) is 0 Å². The van der Waals surface area contributed by atoms with Crippen molar-refractivity contribution in [1.29, 1.82) is 0 Å². The monoisotopic (exact) mass is 273 g/mol. The fourth-order valence-corrected chi connectivity index (χ4v) is 2.95. The third-order valence-electron chi connectivity index (χ3n) is 3.90. The Balaban J connectivity index is 2.16. The number of hydrogen-bond acceptors (Lipinski definition) is 1. The third kappa shape index (κ3) is 1.80. The minimum absolute atomic E-state index is 0.897. The van der Waals surface area contributed by atoms with Crippen molar-refractivity contribution in [2.24, 2.45) is 0 Å². The molecule has 0 saturated carbocycles. The summed E-state index contributed by atoms with van der Waals surface area (Å²) in [4.78, 5) is 0. The number of aromatic nitrogens is 1. The number of ether oxygens (including phenoxy) is 1. The van der Waals surface area contributed by atoms with Gasteiger partial charge in [-0.15, -0.1) is 0 Å². The molecule has 0 spiro atoms. The van der Waals surface area contributed by atoms with Crippen LogP contribution in [0.25, 0.3) is 27.5 Å². The first-order valence-corrected chi connectivity index (χ1v) is 7.01. The van der Waals surface area contributed by atoms with Gasteiger partial charge in [0.15, 0.2) is 0 Å². The molecule has 0 unspecified atom stereocenters. The Morgan fingerprint density at radius 2 is 1.71 bits per heavy atom. The maximum Gasteiger partial charge on any atom is 0.143 e. The van der Waals surface area contributed by atoms with Crippen molar-refractivity contribution in [3.05, 3.63) is 72.9 Å². The molecule has 0 aliphatic carbocycles. The number of nitrogens with zero attached hydrogens (tertiary/aromatic N) is 1. The highest BCUT2D eigenvalue weighted by Gasteiger charge is 2.11. The van der Waals surface area contributed by atoms with Crippen LogP contribution in [-0.4, -0.2) is 11.5 Å². The molecule has 4 rings (SSSR count). The van der Waals surface area contributed by atoms with Crippen molar-refractivity contribution in [2.75, 3.05) is 7.11 Å². The number of fused-ring (bicyclic) bond motifs is 3. The van der Waals surface area contributed by atoms with Crippen LogP contribution in [0.3, 0.4) is 0 Å². The van der Waals surface area contributed by atoms with Crippen molar-refractivity contribution >= 4 is 16.4 Å². The van der Waals surface area contributed by atoms with Gasteiger partial charge in [0.1, 0.15) is 5.75 Å². The Bertz CT molecular complexity index is 922. The Kier molecular flexibility index (Phi) is 2.68. The first kappa shape index (κ1) is 12.0. The molecule has 0 amide bonds. The van der Waals surface area contributed by atoms with E-state index < -0.39 is 0 Å². The molecule has 0 aliphatic heterocycles. The van der Waals surface area contributed by atoms with E-state index in [0.717, 1.165) is 11.3 Å². The van der Waals surface area contributed by atoms with Gasteiger partial charge in [-0.3, -0.25) is 0 Å². The molecule has 21 heavy (non-hydrogen) atoms. The molecule has 4 aromatic rings. The maximum atomic E-state index is 5.53. The van der Waals surface area contributed by atoms with E-state index in [-0.39, 0.29) is 0 Å².